The number of nitro benzene ring substituents is 1. The number of nitrogens with one attached hydrogen (secondary N) is 2. The highest BCUT2D eigenvalue weighted by Gasteiger charge is 2.34. The summed E-state index contributed by atoms with van der Waals surface area (Å²) in [4.78, 5) is 10.4. The number of rotatable bonds is 4. The van der Waals surface area contributed by atoms with Crippen LogP contribution in [0, 0.1) is 17.0 Å². The molecule has 1 saturated heterocycles. The summed E-state index contributed by atoms with van der Waals surface area (Å²) in [5.74, 6) is 0. The average Bonchev–Trinajstić information content (AvgIpc) is 2.25. The van der Waals surface area contributed by atoms with Gasteiger partial charge in [-0.1, -0.05) is 6.07 Å². The van der Waals surface area contributed by atoms with Gasteiger partial charge in [-0.2, -0.15) is 0 Å². The molecule has 92 valence electrons. The molecule has 3 N–H and O–H groups in total. The van der Waals surface area contributed by atoms with Gasteiger partial charge >= 0.3 is 0 Å². The Morgan fingerprint density at radius 1 is 1.59 bits per heavy atom. The second kappa shape index (κ2) is 4.31. The third kappa shape index (κ3) is 2.37. The van der Waals surface area contributed by atoms with E-state index in [9.17, 15) is 15.2 Å². The zero-order chi connectivity index (χ0) is 12.5. The number of anilines is 1. The topological polar surface area (TPSA) is 87.4 Å². The number of nitrogens with zero attached hydrogens (tertiary/aromatic N) is 1. The summed E-state index contributed by atoms with van der Waals surface area (Å²) in [5.41, 5.74) is 0.637. The van der Waals surface area contributed by atoms with Crippen molar-refractivity contribution in [3.63, 3.8) is 0 Å². The molecule has 0 aromatic heterocycles. The van der Waals surface area contributed by atoms with Crippen LogP contribution in [-0.4, -0.2) is 35.3 Å². The van der Waals surface area contributed by atoms with Crippen molar-refractivity contribution < 1.29 is 10.0 Å². The van der Waals surface area contributed by atoms with Gasteiger partial charge in [-0.3, -0.25) is 10.1 Å². The lowest BCUT2D eigenvalue weighted by Gasteiger charge is -2.37. The van der Waals surface area contributed by atoms with Crippen LogP contribution in [0.5, 0.6) is 0 Å². The van der Waals surface area contributed by atoms with Crippen molar-refractivity contribution in [3.8, 4) is 0 Å². The third-order valence-electron chi connectivity index (χ3n) is 3.02. The van der Waals surface area contributed by atoms with Crippen molar-refractivity contribution >= 4 is 11.4 Å². The van der Waals surface area contributed by atoms with Crippen molar-refractivity contribution in [1.29, 1.82) is 0 Å². The summed E-state index contributed by atoms with van der Waals surface area (Å²) in [7, 11) is 0. The Morgan fingerprint density at radius 3 is 2.82 bits per heavy atom. The highest BCUT2D eigenvalue weighted by molar-refractivity contribution is 5.59. The summed E-state index contributed by atoms with van der Waals surface area (Å²) >= 11 is 0. The first-order chi connectivity index (χ1) is 8.02. The molecular formula is C11H15N3O3. The predicted molar refractivity (Wildman–Crippen MR) is 64.1 cm³/mol. The lowest BCUT2D eigenvalue weighted by atomic mass is 9.97. The molecule has 0 amide bonds. The number of β-amino-alcohol motifs (C(OH)–C–C–N with tert-alkyl or cyclic N) is 1. The van der Waals surface area contributed by atoms with Crippen LogP contribution in [0.3, 0.4) is 0 Å². The number of aliphatic hydroxyl groups is 1. The fraction of sp³-hybridized carbons (Fsp3) is 0.455. The molecule has 17 heavy (non-hydrogen) atoms. The molecule has 0 saturated carbocycles. The van der Waals surface area contributed by atoms with Crippen LogP contribution in [0.4, 0.5) is 11.4 Å². The van der Waals surface area contributed by atoms with E-state index in [1.54, 1.807) is 19.1 Å². The Morgan fingerprint density at radius 2 is 2.29 bits per heavy atom. The van der Waals surface area contributed by atoms with E-state index in [0.717, 1.165) is 0 Å². The predicted octanol–water partition coefficient (Wildman–Crippen LogP) is 0.649. The van der Waals surface area contributed by atoms with Gasteiger partial charge in [-0.15, -0.1) is 0 Å². The van der Waals surface area contributed by atoms with Gasteiger partial charge in [0.25, 0.3) is 5.69 Å². The molecule has 1 aliphatic rings. The maximum atomic E-state index is 10.8. The van der Waals surface area contributed by atoms with Crippen molar-refractivity contribution in [3.05, 3.63) is 33.9 Å². The van der Waals surface area contributed by atoms with E-state index in [0.29, 0.717) is 30.9 Å². The standard InChI is InChI=1S/C11H15N3O3/c1-8-9(3-2-4-10(8)14(16)17)13-7-11(15)5-12-6-11/h2-4,12-13,15H,5-7H2,1H3. The van der Waals surface area contributed by atoms with Gasteiger partial charge in [0, 0.05) is 37.0 Å². The van der Waals surface area contributed by atoms with E-state index in [2.05, 4.69) is 10.6 Å². The van der Waals surface area contributed by atoms with E-state index in [1.165, 1.54) is 6.07 Å². The van der Waals surface area contributed by atoms with Crippen molar-refractivity contribution in [2.75, 3.05) is 25.0 Å². The molecule has 1 aliphatic heterocycles. The van der Waals surface area contributed by atoms with Crippen LogP contribution in [-0.2, 0) is 0 Å². The molecule has 1 heterocycles. The van der Waals surface area contributed by atoms with Crippen molar-refractivity contribution in [2.24, 2.45) is 0 Å². The fourth-order valence-corrected chi connectivity index (χ4v) is 1.81. The molecule has 6 nitrogen and oxygen atoms in total. The van der Waals surface area contributed by atoms with E-state index >= 15 is 0 Å². The number of hydrogen-bond donors (Lipinski definition) is 3. The summed E-state index contributed by atoms with van der Waals surface area (Å²) in [5, 5.41) is 26.7. The third-order valence-corrected chi connectivity index (χ3v) is 3.02. The van der Waals surface area contributed by atoms with Gasteiger partial charge in [0.2, 0.25) is 0 Å². The molecule has 0 atom stereocenters. The Labute approximate surface area is 98.8 Å². The molecule has 0 unspecified atom stereocenters. The summed E-state index contributed by atoms with van der Waals surface area (Å²) in [6.07, 6.45) is 0. The average molecular weight is 237 g/mol. The lowest BCUT2D eigenvalue weighted by Crippen LogP contribution is -2.63. The highest BCUT2D eigenvalue weighted by atomic mass is 16.6. The van der Waals surface area contributed by atoms with Crippen molar-refractivity contribution in [2.45, 2.75) is 12.5 Å². The SMILES string of the molecule is Cc1c(NCC2(O)CNC2)cccc1[N+](=O)[O-]. The normalized spacial score (nSPS) is 17.3. The van der Waals surface area contributed by atoms with Gasteiger partial charge < -0.3 is 15.7 Å². The molecule has 0 bridgehead atoms. The van der Waals surface area contributed by atoms with E-state index in [4.69, 9.17) is 0 Å². The zero-order valence-corrected chi connectivity index (χ0v) is 9.56. The summed E-state index contributed by atoms with van der Waals surface area (Å²) in [6.45, 7) is 3.19. The molecule has 0 radical (unpaired) electrons. The van der Waals surface area contributed by atoms with Crippen LogP contribution >= 0.6 is 0 Å². The molecule has 1 fully saturated rings. The van der Waals surface area contributed by atoms with Gasteiger partial charge in [0.15, 0.2) is 0 Å². The largest absolute Gasteiger partial charge is 0.385 e. The lowest BCUT2D eigenvalue weighted by molar-refractivity contribution is -0.385. The van der Waals surface area contributed by atoms with Gasteiger partial charge in [-0.25, -0.2) is 0 Å². The first-order valence-electron chi connectivity index (χ1n) is 5.43. The van der Waals surface area contributed by atoms with Crippen LogP contribution in [0.25, 0.3) is 0 Å². The zero-order valence-electron chi connectivity index (χ0n) is 9.56. The molecule has 1 aromatic rings. The first-order valence-corrected chi connectivity index (χ1v) is 5.43. The smallest absolute Gasteiger partial charge is 0.274 e. The Kier molecular flexibility index (Phi) is 2.99. The molecule has 1 aromatic carbocycles. The number of benzene rings is 1. The maximum Gasteiger partial charge on any atom is 0.274 e. The molecule has 6 heteroatoms. The number of nitro groups is 1. The van der Waals surface area contributed by atoms with E-state index in [-0.39, 0.29) is 5.69 Å². The quantitative estimate of drug-likeness (QED) is 0.528. The molecule has 0 aliphatic carbocycles. The van der Waals surface area contributed by atoms with Gasteiger partial charge in [-0.05, 0) is 13.0 Å². The van der Waals surface area contributed by atoms with Gasteiger partial charge in [0.05, 0.1) is 4.92 Å². The van der Waals surface area contributed by atoms with Crippen LogP contribution in [0.15, 0.2) is 18.2 Å². The second-order valence-electron chi connectivity index (χ2n) is 4.39. The first kappa shape index (κ1) is 11.8. The Balaban J connectivity index is 2.10. The summed E-state index contributed by atoms with van der Waals surface area (Å²) < 4.78 is 0. The summed E-state index contributed by atoms with van der Waals surface area (Å²) in [6, 6.07) is 4.88. The molecule has 2 rings (SSSR count). The van der Waals surface area contributed by atoms with Crippen LogP contribution < -0.4 is 10.6 Å². The van der Waals surface area contributed by atoms with E-state index in [1.807, 2.05) is 0 Å². The number of hydrogen-bond acceptors (Lipinski definition) is 5. The maximum absolute atomic E-state index is 10.8. The van der Waals surface area contributed by atoms with E-state index < -0.39 is 10.5 Å². The van der Waals surface area contributed by atoms with Crippen molar-refractivity contribution in [1.82, 2.24) is 5.32 Å². The fourth-order valence-electron chi connectivity index (χ4n) is 1.81. The minimum atomic E-state index is -0.739. The van der Waals surface area contributed by atoms with Gasteiger partial charge in [0.1, 0.15) is 5.60 Å². The Bertz CT molecular complexity index is 444. The van der Waals surface area contributed by atoms with Crippen LogP contribution in [0.2, 0.25) is 0 Å². The Hall–Kier alpha value is -1.66. The minimum absolute atomic E-state index is 0.0914. The molecule has 0 spiro atoms. The molecular weight excluding hydrogens is 222 g/mol. The highest BCUT2D eigenvalue weighted by Crippen LogP contribution is 2.25. The minimum Gasteiger partial charge on any atom is -0.385 e. The monoisotopic (exact) mass is 237 g/mol. The second-order valence-corrected chi connectivity index (χ2v) is 4.39. The van der Waals surface area contributed by atoms with Crippen LogP contribution in [0.1, 0.15) is 5.56 Å².